The van der Waals surface area contributed by atoms with Crippen LogP contribution in [0.15, 0.2) is 48.6 Å². The lowest BCUT2D eigenvalue weighted by Gasteiger charge is -2.26. The van der Waals surface area contributed by atoms with Crippen LogP contribution in [0.25, 0.3) is 0 Å². The molecule has 3 unspecified atom stereocenters. The van der Waals surface area contributed by atoms with Crippen molar-refractivity contribution in [2.75, 3.05) is 40.9 Å². The number of carbonyl (C=O) groups is 1. The number of aliphatic hydroxyl groups excluding tert-OH is 1. The molecule has 3 N–H and O–H groups in total. The largest absolute Gasteiger partial charge is 0.472 e. The van der Waals surface area contributed by atoms with Crippen LogP contribution >= 0.6 is 7.82 Å². The van der Waals surface area contributed by atoms with E-state index in [-0.39, 0.29) is 19.1 Å². The van der Waals surface area contributed by atoms with E-state index in [1.807, 2.05) is 21.1 Å². The number of rotatable bonds is 54. The number of amides is 1. The molecule has 3 atom stereocenters. The summed E-state index contributed by atoms with van der Waals surface area (Å²) in [5.41, 5.74) is 0. The van der Waals surface area contributed by atoms with Crippen molar-refractivity contribution in [3.63, 3.8) is 0 Å². The number of carbonyl (C=O) groups excluding carboxylic acids is 1. The zero-order valence-corrected chi connectivity index (χ0v) is 47.2. The number of nitrogens with one attached hydrogen (secondary N) is 1. The fourth-order valence-corrected chi connectivity index (χ4v) is 9.48. The molecule has 0 aromatic rings. The summed E-state index contributed by atoms with van der Waals surface area (Å²) in [6, 6.07) is -0.757. The molecule has 0 aliphatic rings. The van der Waals surface area contributed by atoms with Crippen molar-refractivity contribution in [1.82, 2.24) is 5.32 Å². The molecule has 0 bridgehead atoms. The van der Waals surface area contributed by atoms with Gasteiger partial charge in [-0.25, -0.2) is 4.57 Å². The van der Waals surface area contributed by atoms with E-state index in [0.717, 1.165) is 64.2 Å². The maximum absolute atomic E-state index is 12.9. The number of quaternary nitrogens is 1. The van der Waals surface area contributed by atoms with E-state index in [4.69, 9.17) is 9.05 Å². The maximum Gasteiger partial charge on any atom is 0.472 e. The van der Waals surface area contributed by atoms with Crippen LogP contribution < -0.4 is 5.32 Å². The summed E-state index contributed by atoms with van der Waals surface area (Å²) in [4.78, 5) is 23.2. The van der Waals surface area contributed by atoms with E-state index in [9.17, 15) is 19.4 Å². The number of hydrogen-bond donors (Lipinski definition) is 3. The Kier molecular flexibility index (Phi) is 50.2. The monoisotopic (exact) mass is 992 g/mol. The summed E-state index contributed by atoms with van der Waals surface area (Å²) < 4.78 is 23.7. The molecule has 0 saturated heterocycles. The maximum atomic E-state index is 12.9. The third-order valence-corrected chi connectivity index (χ3v) is 14.3. The number of allylic oxidation sites excluding steroid dienone is 8. The number of unbranched alkanes of at least 4 members (excludes halogenated alkanes) is 33. The molecule has 0 aliphatic heterocycles. The lowest BCUT2D eigenvalue weighted by molar-refractivity contribution is -0.870. The Bertz CT molecular complexity index is 1260. The standard InChI is InChI=1S/C60H115N2O6P/c1-6-8-10-12-14-16-18-19-20-21-22-23-24-25-26-27-28-29-30-31-32-33-34-35-36-37-38-39-40-41-42-43-44-46-48-50-52-54-60(64)61-58(57-68-69(65,66)67-56-55-62(3,4)5)59(63)53-51-49-47-45-17-15-13-11-9-7-2/h8,10,14,16,19-20,22-23,58-59,63H,6-7,9,11-13,15,17-18,21,24-57H2,1-5H3,(H-,61,64,65,66)/p+1/b10-8-,16-14-,20-19-,23-22-. The average Bonchev–Trinajstić information content (AvgIpc) is 3.31. The molecule has 0 aromatic carbocycles. The summed E-state index contributed by atoms with van der Waals surface area (Å²) >= 11 is 0. The minimum absolute atomic E-state index is 0.0760. The van der Waals surface area contributed by atoms with Gasteiger partial charge in [0, 0.05) is 6.42 Å². The first-order chi connectivity index (χ1) is 33.5. The molecule has 406 valence electrons. The number of hydrogen-bond acceptors (Lipinski definition) is 5. The summed E-state index contributed by atoms with van der Waals surface area (Å²) in [6.07, 6.45) is 67.7. The molecule has 0 aliphatic carbocycles. The highest BCUT2D eigenvalue weighted by molar-refractivity contribution is 7.47. The zero-order valence-electron chi connectivity index (χ0n) is 46.3. The van der Waals surface area contributed by atoms with Gasteiger partial charge in [0.1, 0.15) is 13.2 Å². The van der Waals surface area contributed by atoms with Gasteiger partial charge in [0.25, 0.3) is 0 Å². The van der Waals surface area contributed by atoms with Crippen LogP contribution in [-0.2, 0) is 18.4 Å². The number of nitrogens with zero attached hydrogens (tertiary/aromatic N) is 1. The number of phosphoric ester groups is 1. The van der Waals surface area contributed by atoms with Crippen LogP contribution in [0.4, 0.5) is 0 Å². The molecule has 0 heterocycles. The molecule has 0 fully saturated rings. The van der Waals surface area contributed by atoms with Gasteiger partial charge in [-0.2, -0.15) is 0 Å². The molecule has 8 nitrogen and oxygen atoms in total. The molecule has 0 saturated carbocycles. The molecular weight excluding hydrogens is 876 g/mol. The first-order valence-corrected chi connectivity index (χ1v) is 31.0. The quantitative estimate of drug-likeness (QED) is 0.0243. The molecule has 0 aromatic heterocycles. The Morgan fingerprint density at radius 3 is 1.28 bits per heavy atom. The van der Waals surface area contributed by atoms with Gasteiger partial charge in [0.05, 0.1) is 39.9 Å². The van der Waals surface area contributed by atoms with E-state index in [2.05, 4.69) is 67.8 Å². The zero-order chi connectivity index (χ0) is 50.6. The van der Waals surface area contributed by atoms with Crippen molar-refractivity contribution in [1.29, 1.82) is 0 Å². The Morgan fingerprint density at radius 1 is 0.507 bits per heavy atom. The van der Waals surface area contributed by atoms with Crippen molar-refractivity contribution in [2.24, 2.45) is 0 Å². The Hall–Kier alpha value is -1.54. The Morgan fingerprint density at radius 2 is 0.870 bits per heavy atom. The molecule has 0 radical (unpaired) electrons. The van der Waals surface area contributed by atoms with Crippen LogP contribution in [0.1, 0.15) is 277 Å². The normalized spacial score (nSPS) is 14.2. The Balaban J connectivity index is 3.84. The summed E-state index contributed by atoms with van der Waals surface area (Å²) in [6.45, 7) is 4.78. The Labute approximate surface area is 429 Å². The van der Waals surface area contributed by atoms with Crippen LogP contribution in [-0.4, -0.2) is 73.4 Å². The minimum Gasteiger partial charge on any atom is -0.391 e. The minimum atomic E-state index is -4.31. The summed E-state index contributed by atoms with van der Waals surface area (Å²) in [5, 5.41) is 14.0. The van der Waals surface area contributed by atoms with Gasteiger partial charge in [0.2, 0.25) is 5.91 Å². The van der Waals surface area contributed by atoms with Crippen molar-refractivity contribution in [3.05, 3.63) is 48.6 Å². The van der Waals surface area contributed by atoms with Crippen molar-refractivity contribution in [3.8, 4) is 0 Å². The summed E-state index contributed by atoms with van der Waals surface area (Å²) in [7, 11) is 1.62. The highest BCUT2D eigenvalue weighted by atomic mass is 31.2. The lowest BCUT2D eigenvalue weighted by Crippen LogP contribution is -2.46. The molecule has 0 spiro atoms. The third-order valence-electron chi connectivity index (χ3n) is 13.3. The molecule has 69 heavy (non-hydrogen) atoms. The lowest BCUT2D eigenvalue weighted by atomic mass is 10.0. The number of likely N-dealkylation sites (N-methyl/N-ethyl adjacent to an activating group) is 1. The highest BCUT2D eigenvalue weighted by Gasteiger charge is 2.28. The van der Waals surface area contributed by atoms with E-state index in [0.29, 0.717) is 23.9 Å². The van der Waals surface area contributed by atoms with E-state index in [1.165, 1.54) is 186 Å². The van der Waals surface area contributed by atoms with Crippen molar-refractivity contribution in [2.45, 2.75) is 289 Å². The van der Waals surface area contributed by atoms with Gasteiger partial charge < -0.3 is 19.8 Å². The second-order valence-electron chi connectivity index (χ2n) is 21.3. The molecule has 0 rings (SSSR count). The first kappa shape index (κ1) is 67.5. The van der Waals surface area contributed by atoms with Gasteiger partial charge in [-0.05, 0) is 51.4 Å². The molecular formula is C60H116N2O6P+. The first-order valence-electron chi connectivity index (χ1n) is 29.5. The highest BCUT2D eigenvalue weighted by Crippen LogP contribution is 2.43. The second kappa shape index (κ2) is 51.4. The third kappa shape index (κ3) is 54.1. The number of aliphatic hydroxyl groups is 1. The SMILES string of the molecule is CC/C=C\C/C=C\C/C=C\C/C=C\CCCCCCCCCCCCCCCCCCCCCCCCCCC(=O)NC(COP(=O)(O)OCC[N+](C)(C)C)C(O)CCCCCCCCCCCC. The van der Waals surface area contributed by atoms with E-state index >= 15 is 0 Å². The molecule has 9 heteroatoms. The predicted octanol–water partition coefficient (Wildman–Crippen LogP) is 17.9. The summed E-state index contributed by atoms with van der Waals surface area (Å²) in [5.74, 6) is -0.142. The van der Waals surface area contributed by atoms with Gasteiger partial charge in [-0.3, -0.25) is 13.8 Å². The van der Waals surface area contributed by atoms with Crippen molar-refractivity contribution < 1.29 is 32.9 Å². The van der Waals surface area contributed by atoms with Crippen LogP contribution in [0, 0.1) is 0 Å². The van der Waals surface area contributed by atoms with E-state index in [1.54, 1.807) is 0 Å². The van der Waals surface area contributed by atoms with Gasteiger partial charge in [0.15, 0.2) is 0 Å². The van der Waals surface area contributed by atoms with Crippen molar-refractivity contribution >= 4 is 13.7 Å². The topological polar surface area (TPSA) is 105 Å². The predicted molar refractivity (Wildman–Crippen MR) is 300 cm³/mol. The van der Waals surface area contributed by atoms with Gasteiger partial charge >= 0.3 is 7.82 Å². The van der Waals surface area contributed by atoms with E-state index < -0.39 is 20.0 Å². The van der Waals surface area contributed by atoms with Crippen LogP contribution in [0.2, 0.25) is 0 Å². The van der Waals surface area contributed by atoms with Crippen LogP contribution in [0.5, 0.6) is 0 Å². The van der Waals surface area contributed by atoms with Crippen LogP contribution in [0.3, 0.4) is 0 Å². The smallest absolute Gasteiger partial charge is 0.391 e. The fraction of sp³-hybridized carbons (Fsp3) is 0.850. The second-order valence-corrected chi connectivity index (χ2v) is 22.8. The van der Waals surface area contributed by atoms with Gasteiger partial charge in [-0.15, -0.1) is 0 Å². The molecule has 1 amide bonds. The average molecular weight is 993 g/mol. The number of phosphoric acid groups is 1. The van der Waals surface area contributed by atoms with Gasteiger partial charge in [-0.1, -0.05) is 268 Å². The fourth-order valence-electron chi connectivity index (χ4n) is 8.75.